The van der Waals surface area contributed by atoms with E-state index in [0.29, 0.717) is 18.3 Å². The summed E-state index contributed by atoms with van der Waals surface area (Å²) in [6.07, 6.45) is 9.74. The van der Waals surface area contributed by atoms with Gasteiger partial charge in [-0.05, 0) is 37.0 Å². The van der Waals surface area contributed by atoms with Crippen LogP contribution in [0.25, 0.3) is 16.6 Å². The number of amides is 1. The summed E-state index contributed by atoms with van der Waals surface area (Å²) >= 11 is 0. The molecule has 1 aliphatic heterocycles. The van der Waals surface area contributed by atoms with Gasteiger partial charge in [-0.3, -0.25) is 4.79 Å². The Bertz CT molecular complexity index is 814. The van der Waals surface area contributed by atoms with Crippen LogP contribution < -0.4 is 5.73 Å². The first-order chi connectivity index (χ1) is 11.6. The predicted molar refractivity (Wildman–Crippen MR) is 96.3 cm³/mol. The molecule has 2 aromatic rings. The topological polar surface area (TPSA) is 64.2 Å². The third-order valence-corrected chi connectivity index (χ3v) is 5.42. The van der Waals surface area contributed by atoms with Crippen LogP contribution in [0.4, 0.5) is 5.82 Å². The Labute approximate surface area is 142 Å². The molecule has 2 aromatic heterocycles. The van der Waals surface area contributed by atoms with Gasteiger partial charge in [-0.25, -0.2) is 4.98 Å². The number of pyridine rings is 1. The van der Waals surface area contributed by atoms with Gasteiger partial charge in [-0.15, -0.1) is 0 Å². The second kappa shape index (κ2) is 5.96. The third kappa shape index (κ3) is 2.58. The van der Waals surface area contributed by atoms with E-state index in [4.69, 9.17) is 5.73 Å². The molecule has 0 atom stereocenters. The molecule has 2 aliphatic rings. The lowest BCUT2D eigenvalue weighted by Crippen LogP contribution is -2.38. The molecule has 0 spiro atoms. The van der Waals surface area contributed by atoms with Gasteiger partial charge in [-0.1, -0.05) is 18.9 Å². The number of rotatable bonds is 2. The highest BCUT2D eigenvalue weighted by Gasteiger charge is 2.28. The lowest BCUT2D eigenvalue weighted by Gasteiger charge is -2.28. The quantitative estimate of drug-likeness (QED) is 0.923. The van der Waals surface area contributed by atoms with Crippen molar-refractivity contribution in [3.05, 3.63) is 30.0 Å². The maximum atomic E-state index is 12.6. The predicted octanol–water partition coefficient (Wildman–Crippen LogP) is 2.96. The van der Waals surface area contributed by atoms with E-state index in [0.717, 1.165) is 42.4 Å². The molecule has 0 saturated heterocycles. The molecule has 1 amide bonds. The van der Waals surface area contributed by atoms with E-state index in [1.165, 1.54) is 18.4 Å². The fourth-order valence-electron chi connectivity index (χ4n) is 4.05. The van der Waals surface area contributed by atoms with Crippen LogP contribution in [-0.2, 0) is 11.8 Å². The number of nitrogen functional groups attached to an aromatic ring is 1. The number of nitrogens with zero attached hydrogens (tertiary/aromatic N) is 3. The average molecular weight is 324 g/mol. The molecule has 5 nitrogen and oxygen atoms in total. The molecule has 24 heavy (non-hydrogen) atoms. The Morgan fingerprint density at radius 1 is 1.29 bits per heavy atom. The van der Waals surface area contributed by atoms with Crippen LogP contribution in [0.3, 0.4) is 0 Å². The van der Waals surface area contributed by atoms with Crippen molar-refractivity contribution >= 4 is 28.3 Å². The molecule has 1 fully saturated rings. The molecule has 0 bridgehead atoms. The van der Waals surface area contributed by atoms with Gasteiger partial charge in [0.25, 0.3) is 0 Å². The molecule has 1 saturated carbocycles. The largest absolute Gasteiger partial charge is 0.384 e. The van der Waals surface area contributed by atoms with Crippen molar-refractivity contribution in [2.45, 2.75) is 32.1 Å². The van der Waals surface area contributed by atoms with Crippen molar-refractivity contribution in [2.24, 2.45) is 13.0 Å². The summed E-state index contributed by atoms with van der Waals surface area (Å²) in [6.45, 7) is 1.52. The van der Waals surface area contributed by atoms with Crippen molar-refractivity contribution < 1.29 is 4.79 Å². The molecule has 3 heterocycles. The van der Waals surface area contributed by atoms with Gasteiger partial charge >= 0.3 is 0 Å². The number of hydrogen-bond donors (Lipinski definition) is 1. The fraction of sp³-hybridized carbons (Fsp3) is 0.474. The molecule has 5 heteroatoms. The molecule has 2 N–H and O–H groups in total. The Kier molecular flexibility index (Phi) is 3.79. The first-order valence-electron chi connectivity index (χ1n) is 8.83. The summed E-state index contributed by atoms with van der Waals surface area (Å²) in [4.78, 5) is 19.1. The molecule has 0 aromatic carbocycles. The summed E-state index contributed by atoms with van der Waals surface area (Å²) in [5.41, 5.74) is 10.3. The second-order valence-corrected chi connectivity index (χ2v) is 7.00. The molecular formula is C19H24N4O. The molecule has 0 unspecified atom stereocenters. The maximum absolute atomic E-state index is 12.6. The van der Waals surface area contributed by atoms with Gasteiger partial charge in [0.2, 0.25) is 5.91 Å². The first-order valence-corrected chi connectivity index (χ1v) is 8.83. The zero-order valence-electron chi connectivity index (χ0n) is 14.2. The van der Waals surface area contributed by atoms with E-state index in [9.17, 15) is 4.79 Å². The van der Waals surface area contributed by atoms with Crippen LogP contribution in [-0.4, -0.2) is 33.4 Å². The summed E-state index contributed by atoms with van der Waals surface area (Å²) in [5, 5.41) is 0. The van der Waals surface area contributed by atoms with Gasteiger partial charge in [0.1, 0.15) is 5.82 Å². The van der Waals surface area contributed by atoms with Crippen molar-refractivity contribution in [3.8, 4) is 0 Å². The smallest absolute Gasteiger partial charge is 0.225 e. The second-order valence-electron chi connectivity index (χ2n) is 7.00. The van der Waals surface area contributed by atoms with Crippen LogP contribution in [0.1, 0.15) is 37.7 Å². The van der Waals surface area contributed by atoms with Gasteiger partial charge in [-0.2, -0.15) is 0 Å². The average Bonchev–Trinajstić information content (AvgIpc) is 3.23. The van der Waals surface area contributed by atoms with Gasteiger partial charge in [0.15, 0.2) is 0 Å². The Morgan fingerprint density at radius 3 is 2.79 bits per heavy atom. The van der Waals surface area contributed by atoms with E-state index in [1.807, 2.05) is 24.1 Å². The number of hydrogen-bond acceptors (Lipinski definition) is 3. The lowest BCUT2D eigenvalue weighted by atomic mass is 9.99. The highest BCUT2D eigenvalue weighted by Crippen LogP contribution is 2.32. The van der Waals surface area contributed by atoms with Crippen LogP contribution in [0.2, 0.25) is 0 Å². The van der Waals surface area contributed by atoms with E-state index in [2.05, 4.69) is 21.8 Å². The summed E-state index contributed by atoms with van der Waals surface area (Å²) in [5.74, 6) is 1.16. The first kappa shape index (κ1) is 15.2. The van der Waals surface area contributed by atoms with E-state index < -0.39 is 0 Å². The number of carbonyl (C=O) groups is 1. The van der Waals surface area contributed by atoms with E-state index in [-0.39, 0.29) is 5.92 Å². The highest BCUT2D eigenvalue weighted by atomic mass is 16.2. The molecular weight excluding hydrogens is 300 g/mol. The minimum atomic E-state index is 0.263. The van der Waals surface area contributed by atoms with Crippen molar-refractivity contribution in [3.63, 3.8) is 0 Å². The lowest BCUT2D eigenvalue weighted by molar-refractivity contribution is -0.134. The van der Waals surface area contributed by atoms with E-state index in [1.54, 1.807) is 0 Å². The van der Waals surface area contributed by atoms with Gasteiger partial charge in [0, 0.05) is 37.8 Å². The Morgan fingerprint density at radius 2 is 2.08 bits per heavy atom. The van der Waals surface area contributed by atoms with Gasteiger partial charge in [0.05, 0.1) is 11.0 Å². The maximum Gasteiger partial charge on any atom is 0.225 e. The Hall–Kier alpha value is -2.30. The summed E-state index contributed by atoms with van der Waals surface area (Å²) in [7, 11) is 2.03. The SMILES string of the molecule is Cn1cc(C2=CCN(C(=O)C3CCCC3)CC2)c2nc(N)ccc21. The van der Waals surface area contributed by atoms with Crippen LogP contribution >= 0.6 is 0 Å². The molecule has 1 aliphatic carbocycles. The summed E-state index contributed by atoms with van der Waals surface area (Å²) < 4.78 is 2.09. The number of aromatic nitrogens is 2. The zero-order chi connectivity index (χ0) is 16.7. The zero-order valence-corrected chi connectivity index (χ0v) is 14.2. The normalized spacial score (nSPS) is 19.0. The standard InChI is InChI=1S/C19H24N4O/c1-22-12-15(18-16(22)6-7-17(20)21-18)13-8-10-23(11-9-13)19(24)14-4-2-3-5-14/h6-8,12,14H,2-5,9-11H2,1H3,(H2,20,21). The van der Waals surface area contributed by atoms with E-state index >= 15 is 0 Å². The minimum absolute atomic E-state index is 0.263. The Balaban J connectivity index is 1.58. The monoisotopic (exact) mass is 324 g/mol. The number of anilines is 1. The number of carbonyl (C=O) groups excluding carboxylic acids is 1. The number of aryl methyl sites for hydroxylation is 1. The molecule has 4 rings (SSSR count). The van der Waals surface area contributed by atoms with Crippen molar-refractivity contribution in [1.82, 2.24) is 14.5 Å². The summed E-state index contributed by atoms with van der Waals surface area (Å²) in [6, 6.07) is 3.85. The third-order valence-electron chi connectivity index (χ3n) is 5.42. The minimum Gasteiger partial charge on any atom is -0.384 e. The fourth-order valence-corrected chi connectivity index (χ4v) is 4.05. The van der Waals surface area contributed by atoms with Crippen molar-refractivity contribution in [1.29, 1.82) is 0 Å². The van der Waals surface area contributed by atoms with Crippen LogP contribution in [0.5, 0.6) is 0 Å². The molecule has 0 radical (unpaired) electrons. The molecule has 126 valence electrons. The number of fused-ring (bicyclic) bond motifs is 1. The van der Waals surface area contributed by atoms with Crippen molar-refractivity contribution in [2.75, 3.05) is 18.8 Å². The number of nitrogens with two attached hydrogens (primary N) is 1. The van der Waals surface area contributed by atoms with Crippen LogP contribution in [0, 0.1) is 5.92 Å². The van der Waals surface area contributed by atoms with Crippen LogP contribution in [0.15, 0.2) is 24.4 Å². The highest BCUT2D eigenvalue weighted by molar-refractivity contribution is 5.91. The van der Waals surface area contributed by atoms with Gasteiger partial charge < -0.3 is 15.2 Å².